The van der Waals surface area contributed by atoms with Crippen molar-refractivity contribution < 1.29 is 0 Å². The number of hydrogen-bond acceptors (Lipinski definition) is 1. The summed E-state index contributed by atoms with van der Waals surface area (Å²) in [4.78, 5) is 11.0. The molecule has 0 saturated carbocycles. The first kappa shape index (κ1) is 6.98. The normalized spacial score (nSPS) is 16.5. The molecule has 0 aliphatic carbocycles. The van der Waals surface area contributed by atoms with Crippen molar-refractivity contribution in [3.63, 3.8) is 0 Å². The first-order chi connectivity index (χ1) is 5.29. The highest BCUT2D eigenvalue weighted by atomic mass is 35.5. The molecular weight excluding hydrogens is 164 g/mol. The second-order valence-electron chi connectivity index (χ2n) is 2.81. The molecule has 2 heterocycles. The van der Waals surface area contributed by atoms with E-state index in [2.05, 4.69) is 5.10 Å². The summed E-state index contributed by atoms with van der Waals surface area (Å²) in [6.07, 6.45) is 3.20. The lowest BCUT2D eigenvalue weighted by atomic mass is 10.1. The third-order valence-electron chi connectivity index (χ3n) is 2.06. The van der Waals surface area contributed by atoms with Crippen LogP contribution in [0.25, 0.3) is 0 Å². The Morgan fingerprint density at radius 2 is 2.27 bits per heavy atom. The highest BCUT2D eigenvalue weighted by Gasteiger charge is 2.15. The zero-order valence-electron chi connectivity index (χ0n) is 6.06. The third-order valence-corrected chi connectivity index (χ3v) is 2.45. The second-order valence-corrected chi connectivity index (χ2v) is 3.19. The molecule has 1 aliphatic rings. The van der Waals surface area contributed by atoms with Gasteiger partial charge in [0, 0.05) is 6.54 Å². The average Bonchev–Trinajstić information content (AvgIpc) is 2.30. The average molecular weight is 173 g/mol. The number of H-pyrrole nitrogens is 1. The molecule has 4 heteroatoms. The Balaban J connectivity index is 2.59. The van der Waals surface area contributed by atoms with E-state index in [1.165, 1.54) is 0 Å². The summed E-state index contributed by atoms with van der Waals surface area (Å²) in [5, 5.41) is 3.07. The molecule has 0 bridgehead atoms. The lowest BCUT2D eigenvalue weighted by molar-refractivity contribution is 0.484. The van der Waals surface area contributed by atoms with Crippen molar-refractivity contribution in [2.75, 3.05) is 0 Å². The molecule has 11 heavy (non-hydrogen) atoms. The molecule has 2 rings (SSSR count). The van der Waals surface area contributed by atoms with Gasteiger partial charge in [-0.1, -0.05) is 11.6 Å². The highest BCUT2D eigenvalue weighted by Crippen LogP contribution is 2.18. The largest absolute Gasteiger partial charge is 0.288 e. The van der Waals surface area contributed by atoms with Crippen LogP contribution in [0.1, 0.15) is 18.5 Å². The summed E-state index contributed by atoms with van der Waals surface area (Å²) in [5.41, 5.74) is 0.825. The van der Waals surface area contributed by atoms with Crippen LogP contribution in [0, 0.1) is 0 Å². The number of aromatic nitrogens is 2. The van der Waals surface area contributed by atoms with E-state index in [4.69, 9.17) is 11.6 Å². The number of rotatable bonds is 0. The first-order valence-corrected chi connectivity index (χ1v) is 4.14. The maximum atomic E-state index is 11.0. The van der Waals surface area contributed by atoms with Gasteiger partial charge in [-0.3, -0.25) is 14.6 Å². The number of fused-ring (bicyclic) bond motifs is 1. The van der Waals surface area contributed by atoms with Gasteiger partial charge in [0.15, 0.2) is 0 Å². The lowest BCUT2D eigenvalue weighted by Crippen LogP contribution is -2.12. The number of aryl methyl sites for hydroxylation is 1. The van der Waals surface area contributed by atoms with E-state index in [0.29, 0.717) is 5.02 Å². The van der Waals surface area contributed by atoms with Gasteiger partial charge in [-0.25, -0.2) is 0 Å². The van der Waals surface area contributed by atoms with Crippen LogP contribution in [0.2, 0.25) is 5.02 Å². The van der Waals surface area contributed by atoms with Crippen LogP contribution in [0.5, 0.6) is 0 Å². The molecule has 3 nitrogen and oxygen atoms in total. The van der Waals surface area contributed by atoms with Crippen LogP contribution >= 0.6 is 11.6 Å². The molecule has 0 spiro atoms. The maximum absolute atomic E-state index is 11.0. The van der Waals surface area contributed by atoms with Gasteiger partial charge in [0.25, 0.3) is 5.56 Å². The predicted molar refractivity (Wildman–Crippen MR) is 43.0 cm³/mol. The molecule has 1 aliphatic heterocycles. The van der Waals surface area contributed by atoms with Crippen LogP contribution in [-0.4, -0.2) is 9.78 Å². The number of nitrogens with one attached hydrogen (secondary N) is 1. The fourth-order valence-electron chi connectivity index (χ4n) is 1.49. The van der Waals surface area contributed by atoms with Crippen LogP contribution < -0.4 is 5.56 Å². The van der Waals surface area contributed by atoms with E-state index in [1.807, 2.05) is 4.68 Å². The summed E-state index contributed by atoms with van der Waals surface area (Å²) in [6.45, 7) is 0.900. The van der Waals surface area contributed by atoms with E-state index >= 15 is 0 Å². The zero-order valence-corrected chi connectivity index (χ0v) is 6.82. The van der Waals surface area contributed by atoms with Crippen molar-refractivity contribution in [2.45, 2.75) is 25.8 Å². The van der Waals surface area contributed by atoms with Crippen molar-refractivity contribution in [3.05, 3.63) is 21.1 Å². The summed E-state index contributed by atoms with van der Waals surface area (Å²) in [5.74, 6) is 0. The molecule has 0 unspecified atom stereocenters. The Hall–Kier alpha value is -0.700. The number of hydrogen-bond donors (Lipinski definition) is 1. The van der Waals surface area contributed by atoms with Gasteiger partial charge < -0.3 is 0 Å². The molecule has 60 valence electrons. The van der Waals surface area contributed by atoms with E-state index in [0.717, 1.165) is 31.5 Å². The van der Waals surface area contributed by atoms with Crippen LogP contribution in [0.15, 0.2) is 4.79 Å². The standard InChI is InChI=1S/C7H9ClN2O/c8-6-5-3-1-2-4-10(5)9-7(6)11/h1-4H2,(H,9,11). The zero-order chi connectivity index (χ0) is 7.84. The summed E-state index contributed by atoms with van der Waals surface area (Å²) in [6, 6.07) is 0. The molecule has 0 fully saturated rings. The minimum atomic E-state index is -0.149. The van der Waals surface area contributed by atoms with E-state index in [1.54, 1.807) is 0 Å². The molecule has 0 amide bonds. The maximum Gasteiger partial charge on any atom is 0.283 e. The Kier molecular flexibility index (Phi) is 1.53. The van der Waals surface area contributed by atoms with Gasteiger partial charge in [-0.2, -0.15) is 0 Å². The SMILES string of the molecule is O=c1[nH]n2c(c1Cl)CCCC2. The third kappa shape index (κ3) is 0.997. The fraction of sp³-hybridized carbons (Fsp3) is 0.571. The molecule has 0 aromatic carbocycles. The minimum Gasteiger partial charge on any atom is -0.288 e. The molecule has 0 radical (unpaired) electrons. The molecule has 0 saturated heterocycles. The number of nitrogens with zero attached hydrogens (tertiary/aromatic N) is 1. The molecule has 1 N–H and O–H groups in total. The van der Waals surface area contributed by atoms with Crippen molar-refractivity contribution in [1.29, 1.82) is 0 Å². The van der Waals surface area contributed by atoms with Gasteiger partial charge in [-0.15, -0.1) is 0 Å². The van der Waals surface area contributed by atoms with Gasteiger partial charge in [-0.05, 0) is 19.3 Å². The summed E-state index contributed by atoms with van der Waals surface area (Å²) >= 11 is 5.76. The Bertz CT molecular complexity index is 326. The van der Waals surface area contributed by atoms with Gasteiger partial charge in [0.1, 0.15) is 5.02 Å². The van der Waals surface area contributed by atoms with E-state index in [-0.39, 0.29) is 5.56 Å². The quantitative estimate of drug-likeness (QED) is 0.627. The lowest BCUT2D eigenvalue weighted by Gasteiger charge is -2.13. The van der Waals surface area contributed by atoms with Crippen molar-refractivity contribution >= 4 is 11.6 Å². The molecule has 1 aromatic heterocycles. The Labute approximate surface area is 69.0 Å². The first-order valence-electron chi connectivity index (χ1n) is 3.76. The topological polar surface area (TPSA) is 37.8 Å². The summed E-state index contributed by atoms with van der Waals surface area (Å²) in [7, 11) is 0. The Morgan fingerprint density at radius 3 is 3.00 bits per heavy atom. The van der Waals surface area contributed by atoms with Crippen LogP contribution in [0.3, 0.4) is 0 Å². The van der Waals surface area contributed by atoms with E-state index < -0.39 is 0 Å². The number of halogens is 1. The van der Waals surface area contributed by atoms with Crippen molar-refractivity contribution in [3.8, 4) is 0 Å². The van der Waals surface area contributed by atoms with Crippen LogP contribution in [-0.2, 0) is 13.0 Å². The smallest absolute Gasteiger partial charge is 0.283 e. The Morgan fingerprint density at radius 1 is 1.45 bits per heavy atom. The van der Waals surface area contributed by atoms with Gasteiger partial charge >= 0.3 is 0 Å². The highest BCUT2D eigenvalue weighted by molar-refractivity contribution is 6.31. The van der Waals surface area contributed by atoms with Crippen molar-refractivity contribution in [1.82, 2.24) is 9.78 Å². The molecular formula is C7H9ClN2O. The van der Waals surface area contributed by atoms with Crippen molar-refractivity contribution in [2.24, 2.45) is 0 Å². The molecule has 0 atom stereocenters. The monoisotopic (exact) mass is 172 g/mol. The predicted octanol–water partition coefficient (Wildman–Crippen LogP) is 1.17. The minimum absolute atomic E-state index is 0.149. The van der Waals surface area contributed by atoms with E-state index in [9.17, 15) is 4.79 Å². The van der Waals surface area contributed by atoms with Gasteiger partial charge in [0.05, 0.1) is 5.69 Å². The fourth-order valence-corrected chi connectivity index (χ4v) is 1.73. The summed E-state index contributed by atoms with van der Waals surface area (Å²) < 4.78 is 1.86. The number of aromatic amines is 1. The second kappa shape index (κ2) is 2.41. The van der Waals surface area contributed by atoms with Gasteiger partial charge in [0.2, 0.25) is 0 Å². The molecule has 1 aromatic rings. The van der Waals surface area contributed by atoms with Crippen LogP contribution in [0.4, 0.5) is 0 Å².